The minimum atomic E-state index is -2.35. The van der Waals surface area contributed by atoms with Crippen molar-refractivity contribution < 1.29 is 68.5 Å². The number of unbranched alkanes of at least 4 members (excludes halogenated alkanes) is 2. The molecule has 17 heteroatoms. The maximum Gasteiger partial charge on any atom is 0.364 e. The third-order valence-electron chi connectivity index (χ3n) is 8.06. The van der Waals surface area contributed by atoms with Crippen molar-refractivity contribution in [2.24, 2.45) is 5.92 Å². The Morgan fingerprint density at radius 3 is 2.41 bits per heavy atom. The van der Waals surface area contributed by atoms with Crippen molar-refractivity contribution >= 4 is 47.0 Å². The number of carbonyl (C=O) groups excluding carboxylic acids is 5. The van der Waals surface area contributed by atoms with Crippen LogP contribution in [0.15, 0.2) is 0 Å². The number of thioether (sulfide) groups is 1. The maximum atomic E-state index is 12.6. The van der Waals surface area contributed by atoms with Crippen LogP contribution in [0, 0.1) is 5.92 Å². The lowest BCUT2D eigenvalue weighted by Gasteiger charge is -2.46. The van der Waals surface area contributed by atoms with E-state index < -0.39 is 79.8 Å². The molecule has 16 nitrogen and oxygen atoms in total. The maximum absolute atomic E-state index is 12.6. The lowest BCUT2D eigenvalue weighted by molar-refractivity contribution is -0.312. The first-order chi connectivity index (χ1) is 21.8. The number of ketones is 2. The second kappa shape index (κ2) is 19.3. The summed E-state index contributed by atoms with van der Waals surface area (Å²) in [6.45, 7) is -0.759. The second-order valence-corrected chi connectivity index (χ2v) is 12.4. The molecule has 2 rings (SSSR count). The van der Waals surface area contributed by atoms with E-state index in [9.17, 15) is 54.3 Å². The van der Waals surface area contributed by atoms with E-state index in [4.69, 9.17) is 14.2 Å². The largest absolute Gasteiger partial charge is 0.477 e. The molecule has 46 heavy (non-hydrogen) atoms. The molecule has 0 bridgehead atoms. The summed E-state index contributed by atoms with van der Waals surface area (Å²) in [6, 6.07) is 0. The molecule has 2 fully saturated rings. The van der Waals surface area contributed by atoms with Gasteiger partial charge in [-0.05, 0) is 19.1 Å². The number of aliphatic hydroxyl groups excluding tert-OH is 4. The van der Waals surface area contributed by atoms with Crippen molar-refractivity contribution in [2.75, 3.05) is 46.3 Å². The van der Waals surface area contributed by atoms with Crippen molar-refractivity contribution in [1.29, 1.82) is 0 Å². The first-order valence-electron chi connectivity index (χ1n) is 15.2. The number of carboxylic acid groups (broad SMARTS) is 1. The summed E-state index contributed by atoms with van der Waals surface area (Å²) in [7, 11) is 1.02. The molecule has 2 saturated heterocycles. The van der Waals surface area contributed by atoms with Crippen LogP contribution in [0.4, 0.5) is 0 Å². The molecule has 7 atom stereocenters. The molecule has 0 aromatic carbocycles. The van der Waals surface area contributed by atoms with E-state index in [-0.39, 0.29) is 55.3 Å². The van der Waals surface area contributed by atoms with Crippen LogP contribution in [0.25, 0.3) is 0 Å². The number of rotatable bonds is 22. The minimum absolute atomic E-state index is 0.0244. The van der Waals surface area contributed by atoms with E-state index in [0.29, 0.717) is 32.3 Å². The molecule has 6 unspecified atom stereocenters. The van der Waals surface area contributed by atoms with Gasteiger partial charge in [-0.15, -0.1) is 0 Å². The number of amides is 3. The Kier molecular flexibility index (Phi) is 16.7. The van der Waals surface area contributed by atoms with Gasteiger partial charge in [0.25, 0.3) is 5.79 Å². The number of aliphatic carboxylic acids is 1. The zero-order valence-electron chi connectivity index (χ0n) is 26.1. The monoisotopic (exact) mass is 678 g/mol. The fourth-order valence-electron chi connectivity index (χ4n) is 5.28. The molecule has 0 radical (unpaired) electrons. The van der Waals surface area contributed by atoms with Crippen LogP contribution in [0.3, 0.4) is 0 Å². The fourth-order valence-corrected chi connectivity index (χ4v) is 5.92. The zero-order chi connectivity index (χ0) is 34.4. The lowest BCUT2D eigenvalue weighted by atomic mass is 9.80. The average molecular weight is 679 g/mol. The predicted octanol–water partition coefficient (Wildman–Crippen LogP) is -1.61. The number of methoxy groups -OCH3 is 1. The SMILES string of the molecule is COC1(C(=O)O)CC(O)C(CC(=O)CNC(=O)CCOCCCCCC(=O)CCN2C(=O)CC(SC)C2=O)C(C(O)[C@H](O)CO)O1. The average Bonchev–Trinajstić information content (AvgIpc) is 3.31. The molecule has 2 heterocycles. The third-order valence-corrected chi connectivity index (χ3v) is 9.00. The number of hydrogen-bond donors (Lipinski definition) is 6. The number of likely N-dealkylation sites (tertiary alicyclic amines) is 1. The zero-order valence-corrected chi connectivity index (χ0v) is 26.9. The lowest BCUT2D eigenvalue weighted by Crippen LogP contribution is -2.61. The Labute approximate surface area is 271 Å². The van der Waals surface area contributed by atoms with E-state index in [0.717, 1.165) is 12.0 Å². The highest BCUT2D eigenvalue weighted by Gasteiger charge is 2.55. The number of Topliss-reactive ketones (excluding diaryl/α,β-unsaturated/α-hetero) is 2. The van der Waals surface area contributed by atoms with Gasteiger partial charge in [-0.3, -0.25) is 28.9 Å². The van der Waals surface area contributed by atoms with Gasteiger partial charge in [-0.25, -0.2) is 4.79 Å². The molecular formula is C29H46N2O14S. The number of nitrogens with one attached hydrogen (secondary N) is 1. The molecule has 0 saturated carbocycles. The molecular weight excluding hydrogens is 632 g/mol. The number of carboxylic acids is 1. The van der Waals surface area contributed by atoms with Crippen LogP contribution in [0.1, 0.15) is 57.8 Å². The standard InChI is InChI=1S/C29H46N2O14S/c1-43-29(28(41)42)14-20(35)19(26(45-29)25(39)21(36)16-32)12-18(34)15-30-23(37)8-11-44-10-5-3-4-6-17(33)7-9-31-24(38)13-22(46-2)27(31)40/h19-22,25-26,32,35-36,39H,3-16H2,1-2H3,(H,30,37)(H,41,42)/t19?,20?,21-,22?,25?,26?,29?/m1/s1. The van der Waals surface area contributed by atoms with Crippen LogP contribution in [0.5, 0.6) is 0 Å². The van der Waals surface area contributed by atoms with Crippen LogP contribution in [-0.4, -0.2) is 147 Å². The normalized spacial score (nSPS) is 26.2. The van der Waals surface area contributed by atoms with Crippen molar-refractivity contribution in [3.63, 3.8) is 0 Å². The van der Waals surface area contributed by atoms with E-state index in [1.165, 1.54) is 11.8 Å². The molecule has 0 aromatic rings. The van der Waals surface area contributed by atoms with Crippen molar-refractivity contribution in [3.8, 4) is 0 Å². The van der Waals surface area contributed by atoms with E-state index in [1.807, 2.05) is 0 Å². The first-order valence-corrected chi connectivity index (χ1v) is 16.4. The van der Waals surface area contributed by atoms with Gasteiger partial charge in [0.05, 0.1) is 37.2 Å². The number of nitrogens with zero attached hydrogens (tertiary/aromatic N) is 1. The van der Waals surface area contributed by atoms with Gasteiger partial charge < -0.3 is 45.1 Å². The summed E-state index contributed by atoms with van der Waals surface area (Å²) < 4.78 is 15.8. The van der Waals surface area contributed by atoms with Gasteiger partial charge in [0, 0.05) is 64.7 Å². The molecule has 0 aromatic heterocycles. The van der Waals surface area contributed by atoms with Gasteiger partial charge >= 0.3 is 5.97 Å². The van der Waals surface area contributed by atoms with Crippen LogP contribution in [-0.2, 0) is 43.0 Å². The van der Waals surface area contributed by atoms with Gasteiger partial charge in [0.15, 0.2) is 5.78 Å². The van der Waals surface area contributed by atoms with Crippen molar-refractivity contribution in [2.45, 2.75) is 93.2 Å². The summed E-state index contributed by atoms with van der Waals surface area (Å²) in [5, 5.41) is 51.8. The van der Waals surface area contributed by atoms with Gasteiger partial charge in [-0.1, -0.05) is 6.42 Å². The summed E-state index contributed by atoms with van der Waals surface area (Å²) in [5.74, 6) is -6.65. The molecule has 6 N–H and O–H groups in total. The number of hydrogen-bond acceptors (Lipinski definition) is 14. The highest BCUT2D eigenvalue weighted by molar-refractivity contribution is 8.00. The smallest absolute Gasteiger partial charge is 0.364 e. The van der Waals surface area contributed by atoms with Crippen LogP contribution < -0.4 is 5.32 Å². The molecule has 0 spiro atoms. The second-order valence-electron chi connectivity index (χ2n) is 11.3. The Hall–Kier alpha value is -2.51. The highest BCUT2D eigenvalue weighted by Crippen LogP contribution is 2.38. The Bertz CT molecular complexity index is 1080. The summed E-state index contributed by atoms with van der Waals surface area (Å²) >= 11 is 1.33. The van der Waals surface area contributed by atoms with Crippen molar-refractivity contribution in [3.05, 3.63) is 0 Å². The van der Waals surface area contributed by atoms with E-state index in [1.54, 1.807) is 6.26 Å². The Morgan fingerprint density at radius 2 is 1.80 bits per heavy atom. The Balaban J connectivity index is 1.63. The van der Waals surface area contributed by atoms with Gasteiger partial charge in [-0.2, -0.15) is 11.8 Å². The number of aliphatic hydroxyl groups is 4. The molecule has 2 aliphatic heterocycles. The first kappa shape index (κ1) is 39.7. The minimum Gasteiger partial charge on any atom is -0.477 e. The van der Waals surface area contributed by atoms with Gasteiger partial charge in [0.1, 0.15) is 18.0 Å². The van der Waals surface area contributed by atoms with Crippen LogP contribution >= 0.6 is 11.8 Å². The quantitative estimate of drug-likeness (QED) is 0.0557. The topological polar surface area (TPSA) is 247 Å². The fraction of sp³-hybridized carbons (Fsp3) is 0.793. The summed E-state index contributed by atoms with van der Waals surface area (Å²) in [6.07, 6.45) is -3.34. The molecule has 0 aliphatic carbocycles. The highest BCUT2D eigenvalue weighted by atomic mass is 32.2. The number of imide groups is 1. The Morgan fingerprint density at radius 1 is 1.09 bits per heavy atom. The molecule has 2 aliphatic rings. The number of carbonyl (C=O) groups is 6. The third kappa shape index (κ3) is 11.3. The predicted molar refractivity (Wildman–Crippen MR) is 160 cm³/mol. The molecule has 262 valence electrons. The summed E-state index contributed by atoms with van der Waals surface area (Å²) in [4.78, 5) is 73.8. The van der Waals surface area contributed by atoms with E-state index in [2.05, 4.69) is 5.32 Å². The number of ether oxygens (including phenoxy) is 3. The van der Waals surface area contributed by atoms with E-state index >= 15 is 0 Å². The van der Waals surface area contributed by atoms with Gasteiger partial charge in [0.2, 0.25) is 17.7 Å². The summed E-state index contributed by atoms with van der Waals surface area (Å²) in [5.41, 5.74) is 0. The van der Waals surface area contributed by atoms with Crippen LogP contribution in [0.2, 0.25) is 0 Å². The van der Waals surface area contributed by atoms with Crippen molar-refractivity contribution in [1.82, 2.24) is 10.2 Å². The molecule has 3 amide bonds.